The molecule has 108 valence electrons. The Labute approximate surface area is 122 Å². The summed E-state index contributed by atoms with van der Waals surface area (Å²) >= 11 is 2.00. The Morgan fingerprint density at radius 1 is 1.21 bits per heavy atom. The number of para-hydroxylation sites is 1. The lowest BCUT2D eigenvalue weighted by Gasteiger charge is -2.17. The van der Waals surface area contributed by atoms with Crippen LogP contribution < -0.4 is 10.1 Å². The standard InChI is InChI=1S/C16H27NOS/c1-5-19-11-10-14(4)17-12-15-8-6-7-9-16(15)18-13(2)3/h6-9,13-14,17H,5,10-12H2,1-4H3. The normalized spacial score (nSPS) is 12.7. The van der Waals surface area contributed by atoms with Gasteiger partial charge in [-0.05, 0) is 44.8 Å². The van der Waals surface area contributed by atoms with Gasteiger partial charge in [-0.25, -0.2) is 0 Å². The number of nitrogens with one attached hydrogen (secondary N) is 1. The second kappa shape index (κ2) is 9.27. The van der Waals surface area contributed by atoms with Crippen molar-refractivity contribution in [1.82, 2.24) is 5.32 Å². The molecule has 0 aliphatic heterocycles. The molecule has 0 fully saturated rings. The third kappa shape index (κ3) is 6.88. The van der Waals surface area contributed by atoms with Crippen molar-refractivity contribution in [2.24, 2.45) is 0 Å². The Balaban J connectivity index is 2.43. The van der Waals surface area contributed by atoms with Crippen molar-refractivity contribution in [3.05, 3.63) is 29.8 Å². The molecular formula is C16H27NOS. The molecule has 1 unspecified atom stereocenters. The van der Waals surface area contributed by atoms with Gasteiger partial charge in [0.15, 0.2) is 0 Å². The third-order valence-corrected chi connectivity index (χ3v) is 3.81. The molecule has 0 aliphatic carbocycles. The van der Waals surface area contributed by atoms with E-state index in [-0.39, 0.29) is 6.10 Å². The number of rotatable bonds is 9. The van der Waals surface area contributed by atoms with E-state index in [0.717, 1.165) is 12.3 Å². The highest BCUT2D eigenvalue weighted by Crippen LogP contribution is 2.19. The largest absolute Gasteiger partial charge is 0.491 e. The quantitative estimate of drug-likeness (QED) is 0.689. The summed E-state index contributed by atoms with van der Waals surface area (Å²) in [6.07, 6.45) is 1.44. The molecule has 1 aromatic rings. The molecule has 0 spiro atoms. The van der Waals surface area contributed by atoms with Crippen molar-refractivity contribution >= 4 is 11.8 Å². The number of ether oxygens (including phenoxy) is 1. The highest BCUT2D eigenvalue weighted by molar-refractivity contribution is 7.99. The predicted molar refractivity (Wildman–Crippen MR) is 86.1 cm³/mol. The van der Waals surface area contributed by atoms with Crippen LogP contribution in [0.4, 0.5) is 0 Å². The first kappa shape index (κ1) is 16.4. The van der Waals surface area contributed by atoms with Gasteiger partial charge in [0.1, 0.15) is 5.75 Å². The maximum Gasteiger partial charge on any atom is 0.124 e. The number of hydrogen-bond acceptors (Lipinski definition) is 3. The van der Waals surface area contributed by atoms with Crippen LogP contribution >= 0.6 is 11.8 Å². The lowest BCUT2D eigenvalue weighted by molar-refractivity contribution is 0.239. The monoisotopic (exact) mass is 281 g/mol. The average Bonchev–Trinajstić information content (AvgIpc) is 2.37. The summed E-state index contributed by atoms with van der Waals surface area (Å²) in [5, 5.41) is 3.58. The molecule has 0 radical (unpaired) electrons. The van der Waals surface area contributed by atoms with Crippen LogP contribution in [-0.4, -0.2) is 23.7 Å². The smallest absolute Gasteiger partial charge is 0.124 e. The van der Waals surface area contributed by atoms with Crippen molar-refractivity contribution in [2.75, 3.05) is 11.5 Å². The maximum atomic E-state index is 5.83. The van der Waals surface area contributed by atoms with Gasteiger partial charge >= 0.3 is 0 Å². The van der Waals surface area contributed by atoms with Gasteiger partial charge < -0.3 is 10.1 Å². The van der Waals surface area contributed by atoms with Gasteiger partial charge in [-0.15, -0.1) is 0 Å². The second-order valence-corrected chi connectivity index (χ2v) is 6.44. The van der Waals surface area contributed by atoms with Gasteiger partial charge in [0.05, 0.1) is 6.10 Å². The van der Waals surface area contributed by atoms with Crippen LogP contribution in [0.15, 0.2) is 24.3 Å². The number of benzene rings is 1. The van der Waals surface area contributed by atoms with Gasteiger partial charge in [-0.1, -0.05) is 25.1 Å². The zero-order chi connectivity index (χ0) is 14.1. The van der Waals surface area contributed by atoms with E-state index in [2.05, 4.69) is 51.2 Å². The molecule has 1 aromatic carbocycles. The van der Waals surface area contributed by atoms with Gasteiger partial charge in [0.25, 0.3) is 0 Å². The lowest BCUT2D eigenvalue weighted by atomic mass is 10.1. The first-order valence-corrected chi connectivity index (χ1v) is 8.34. The molecule has 1 rings (SSSR count). The van der Waals surface area contributed by atoms with Crippen LogP contribution in [0.3, 0.4) is 0 Å². The zero-order valence-corrected chi connectivity index (χ0v) is 13.4. The molecule has 1 atom stereocenters. The molecule has 0 aromatic heterocycles. The van der Waals surface area contributed by atoms with E-state index in [0.29, 0.717) is 6.04 Å². The van der Waals surface area contributed by atoms with Gasteiger partial charge in [0, 0.05) is 18.2 Å². The van der Waals surface area contributed by atoms with Crippen molar-refractivity contribution in [2.45, 2.75) is 52.8 Å². The fourth-order valence-corrected chi connectivity index (χ4v) is 2.62. The van der Waals surface area contributed by atoms with E-state index >= 15 is 0 Å². The highest BCUT2D eigenvalue weighted by atomic mass is 32.2. The van der Waals surface area contributed by atoms with Crippen LogP contribution in [-0.2, 0) is 6.54 Å². The minimum atomic E-state index is 0.222. The SMILES string of the molecule is CCSCCC(C)NCc1ccccc1OC(C)C. The molecule has 0 amide bonds. The van der Waals surface area contributed by atoms with Gasteiger partial charge in [0.2, 0.25) is 0 Å². The molecule has 0 aliphatic rings. The second-order valence-electron chi connectivity index (χ2n) is 5.04. The zero-order valence-electron chi connectivity index (χ0n) is 12.6. The van der Waals surface area contributed by atoms with Crippen LogP contribution in [0.1, 0.15) is 39.7 Å². The van der Waals surface area contributed by atoms with Crippen LogP contribution in [0.5, 0.6) is 5.75 Å². The first-order valence-electron chi connectivity index (χ1n) is 7.19. The number of thioether (sulfide) groups is 1. The van der Waals surface area contributed by atoms with Crippen molar-refractivity contribution in [3.8, 4) is 5.75 Å². The van der Waals surface area contributed by atoms with Crippen molar-refractivity contribution < 1.29 is 4.74 Å². The molecule has 0 saturated carbocycles. The topological polar surface area (TPSA) is 21.3 Å². The molecular weight excluding hydrogens is 254 g/mol. The molecule has 0 heterocycles. The van der Waals surface area contributed by atoms with Crippen molar-refractivity contribution in [3.63, 3.8) is 0 Å². The molecule has 3 heteroatoms. The van der Waals surface area contributed by atoms with Crippen LogP contribution in [0.2, 0.25) is 0 Å². The summed E-state index contributed by atoms with van der Waals surface area (Å²) in [6.45, 7) is 9.47. The summed E-state index contributed by atoms with van der Waals surface area (Å²) < 4.78 is 5.83. The van der Waals surface area contributed by atoms with E-state index in [4.69, 9.17) is 4.74 Å². The Hall–Kier alpha value is -0.670. The first-order chi connectivity index (χ1) is 9.13. The Morgan fingerprint density at radius 3 is 2.63 bits per heavy atom. The Bertz CT molecular complexity index is 354. The van der Waals surface area contributed by atoms with E-state index < -0.39 is 0 Å². The van der Waals surface area contributed by atoms with E-state index in [9.17, 15) is 0 Å². The Kier molecular flexibility index (Phi) is 7.99. The predicted octanol–water partition coefficient (Wildman–Crippen LogP) is 4.10. The Morgan fingerprint density at radius 2 is 1.95 bits per heavy atom. The van der Waals surface area contributed by atoms with E-state index in [1.54, 1.807) is 0 Å². The molecule has 0 saturated heterocycles. The summed E-state index contributed by atoms with van der Waals surface area (Å²) in [5.74, 6) is 3.44. The average molecular weight is 281 g/mol. The molecule has 19 heavy (non-hydrogen) atoms. The third-order valence-electron chi connectivity index (χ3n) is 2.88. The summed E-state index contributed by atoms with van der Waals surface area (Å²) in [5.41, 5.74) is 1.24. The van der Waals surface area contributed by atoms with Gasteiger partial charge in [-0.3, -0.25) is 0 Å². The van der Waals surface area contributed by atoms with Gasteiger partial charge in [-0.2, -0.15) is 11.8 Å². The maximum absolute atomic E-state index is 5.83. The van der Waals surface area contributed by atoms with Crippen molar-refractivity contribution in [1.29, 1.82) is 0 Å². The summed E-state index contributed by atoms with van der Waals surface area (Å²) in [7, 11) is 0. The summed E-state index contributed by atoms with van der Waals surface area (Å²) in [4.78, 5) is 0. The fourth-order valence-electron chi connectivity index (χ4n) is 1.81. The fraction of sp³-hybridized carbons (Fsp3) is 0.625. The van der Waals surface area contributed by atoms with Crippen LogP contribution in [0, 0.1) is 0 Å². The lowest BCUT2D eigenvalue weighted by Crippen LogP contribution is -2.26. The molecule has 2 nitrogen and oxygen atoms in total. The van der Waals surface area contributed by atoms with E-state index in [1.165, 1.54) is 23.5 Å². The number of hydrogen-bond donors (Lipinski definition) is 1. The molecule has 1 N–H and O–H groups in total. The highest BCUT2D eigenvalue weighted by Gasteiger charge is 2.06. The van der Waals surface area contributed by atoms with E-state index in [1.807, 2.05) is 17.8 Å². The summed E-state index contributed by atoms with van der Waals surface area (Å²) in [6, 6.07) is 8.84. The molecule has 0 bridgehead atoms. The van der Waals surface area contributed by atoms with Crippen LogP contribution in [0.25, 0.3) is 0 Å². The minimum Gasteiger partial charge on any atom is -0.491 e. The minimum absolute atomic E-state index is 0.222.